The minimum Gasteiger partial charge on any atom is -0.338 e. The second kappa shape index (κ2) is 6.82. The van der Waals surface area contributed by atoms with Crippen molar-refractivity contribution < 1.29 is 4.52 Å². The summed E-state index contributed by atoms with van der Waals surface area (Å²) >= 11 is 7.46. The number of nitrogens with zero attached hydrogens (tertiary/aromatic N) is 4. The predicted octanol–water partition coefficient (Wildman–Crippen LogP) is 4.93. The van der Waals surface area contributed by atoms with Crippen molar-refractivity contribution >= 4 is 34.3 Å². The number of aromatic nitrogens is 4. The Bertz CT molecular complexity index is 1030. The highest BCUT2D eigenvalue weighted by molar-refractivity contribution is 7.98. The van der Waals surface area contributed by atoms with Crippen LogP contribution in [0.25, 0.3) is 22.3 Å². The zero-order chi connectivity index (χ0) is 17.2. The maximum absolute atomic E-state index is 5.90. The van der Waals surface area contributed by atoms with E-state index in [1.165, 1.54) is 0 Å². The van der Waals surface area contributed by atoms with E-state index in [0.717, 1.165) is 27.3 Å². The average molecular weight is 369 g/mol. The molecule has 0 spiro atoms. The summed E-state index contributed by atoms with van der Waals surface area (Å²) in [5.74, 6) is 2.39. The molecule has 2 heterocycles. The third kappa shape index (κ3) is 3.50. The van der Waals surface area contributed by atoms with E-state index in [0.29, 0.717) is 22.5 Å². The van der Waals surface area contributed by atoms with Crippen LogP contribution in [0.2, 0.25) is 5.02 Å². The predicted molar refractivity (Wildman–Crippen MR) is 98.6 cm³/mol. The maximum atomic E-state index is 5.90. The number of halogens is 1. The summed E-state index contributed by atoms with van der Waals surface area (Å²) in [6.45, 7) is 1.89. The lowest BCUT2D eigenvalue weighted by Crippen LogP contribution is -1.93. The molecule has 2 aromatic heterocycles. The molecule has 0 aliphatic heterocycles. The molecule has 0 atom stereocenters. The number of fused-ring (bicyclic) bond motifs is 1. The molecule has 0 radical (unpaired) electrons. The van der Waals surface area contributed by atoms with Gasteiger partial charge < -0.3 is 4.52 Å². The minimum absolute atomic E-state index is 0.543. The molecule has 5 nitrogen and oxygen atoms in total. The van der Waals surface area contributed by atoms with Crippen molar-refractivity contribution in [3.8, 4) is 11.4 Å². The zero-order valence-electron chi connectivity index (χ0n) is 13.3. The first kappa shape index (κ1) is 16.1. The van der Waals surface area contributed by atoms with Crippen molar-refractivity contribution in [1.29, 1.82) is 0 Å². The van der Waals surface area contributed by atoms with E-state index in [-0.39, 0.29) is 0 Å². The highest BCUT2D eigenvalue weighted by Gasteiger charge is 2.11. The summed E-state index contributed by atoms with van der Waals surface area (Å²) in [7, 11) is 0. The van der Waals surface area contributed by atoms with Crippen LogP contribution < -0.4 is 0 Å². The van der Waals surface area contributed by atoms with Crippen LogP contribution >= 0.6 is 23.4 Å². The number of aryl methyl sites for hydroxylation is 1. The van der Waals surface area contributed by atoms with Gasteiger partial charge in [-0.3, -0.25) is 0 Å². The normalized spacial score (nSPS) is 11.1. The van der Waals surface area contributed by atoms with E-state index in [2.05, 4.69) is 20.1 Å². The number of hydrogen-bond acceptors (Lipinski definition) is 6. The molecule has 0 amide bonds. The Kier molecular flexibility index (Phi) is 4.38. The largest absolute Gasteiger partial charge is 0.338 e. The van der Waals surface area contributed by atoms with Crippen LogP contribution in [0, 0.1) is 6.92 Å². The van der Waals surface area contributed by atoms with Gasteiger partial charge in [-0.05, 0) is 37.3 Å². The van der Waals surface area contributed by atoms with Crippen molar-refractivity contribution in [2.75, 3.05) is 0 Å². The average Bonchev–Trinajstić information content (AvgIpc) is 3.09. The molecular formula is C18H13ClN4OS. The monoisotopic (exact) mass is 368 g/mol. The van der Waals surface area contributed by atoms with Gasteiger partial charge in [0.1, 0.15) is 10.9 Å². The van der Waals surface area contributed by atoms with Gasteiger partial charge in [0.25, 0.3) is 0 Å². The Morgan fingerprint density at radius 3 is 2.64 bits per heavy atom. The molecule has 2 aromatic carbocycles. The van der Waals surface area contributed by atoms with Gasteiger partial charge in [-0.2, -0.15) is 4.98 Å². The van der Waals surface area contributed by atoms with Gasteiger partial charge >= 0.3 is 0 Å². The van der Waals surface area contributed by atoms with Crippen molar-refractivity contribution in [2.24, 2.45) is 0 Å². The Labute approximate surface area is 153 Å². The minimum atomic E-state index is 0.543. The van der Waals surface area contributed by atoms with Crippen LogP contribution in [0.3, 0.4) is 0 Å². The molecular weight excluding hydrogens is 356 g/mol. The molecule has 7 heteroatoms. The summed E-state index contributed by atoms with van der Waals surface area (Å²) in [4.78, 5) is 13.4. The molecule has 0 N–H and O–H groups in total. The van der Waals surface area contributed by atoms with Crippen LogP contribution in [0.1, 0.15) is 11.7 Å². The fraction of sp³-hybridized carbons (Fsp3) is 0.111. The van der Waals surface area contributed by atoms with E-state index in [1.54, 1.807) is 23.9 Å². The van der Waals surface area contributed by atoms with Gasteiger partial charge in [0.2, 0.25) is 11.7 Å². The molecule has 4 aromatic rings. The quantitative estimate of drug-likeness (QED) is 0.375. The Morgan fingerprint density at radius 2 is 1.80 bits per heavy atom. The van der Waals surface area contributed by atoms with Crippen LogP contribution in [0.4, 0.5) is 0 Å². The Hall–Kier alpha value is -2.44. The Morgan fingerprint density at radius 1 is 1.00 bits per heavy atom. The second-order valence-electron chi connectivity index (χ2n) is 5.40. The van der Waals surface area contributed by atoms with Gasteiger partial charge in [0, 0.05) is 16.0 Å². The van der Waals surface area contributed by atoms with E-state index >= 15 is 0 Å². The second-order valence-corrected chi connectivity index (χ2v) is 6.80. The fourth-order valence-corrected chi connectivity index (χ4v) is 3.46. The molecule has 0 aliphatic carbocycles. The van der Waals surface area contributed by atoms with E-state index < -0.39 is 0 Å². The lowest BCUT2D eigenvalue weighted by atomic mass is 10.2. The molecule has 0 fully saturated rings. The lowest BCUT2D eigenvalue weighted by molar-refractivity contribution is 0.391. The van der Waals surface area contributed by atoms with E-state index in [9.17, 15) is 0 Å². The molecule has 0 saturated heterocycles. The van der Waals surface area contributed by atoms with Gasteiger partial charge in [-0.15, -0.1) is 0 Å². The van der Waals surface area contributed by atoms with Crippen LogP contribution in [-0.2, 0) is 5.75 Å². The van der Waals surface area contributed by atoms with Gasteiger partial charge in [0.15, 0.2) is 0 Å². The molecule has 124 valence electrons. The summed E-state index contributed by atoms with van der Waals surface area (Å²) in [5.41, 5.74) is 1.80. The van der Waals surface area contributed by atoms with Crippen LogP contribution in [0.5, 0.6) is 0 Å². The molecule has 0 saturated carbocycles. The third-order valence-electron chi connectivity index (χ3n) is 3.58. The molecule has 0 bridgehead atoms. The first-order valence-corrected chi connectivity index (χ1v) is 9.00. The van der Waals surface area contributed by atoms with Gasteiger partial charge in [-0.25, -0.2) is 9.97 Å². The summed E-state index contributed by atoms with van der Waals surface area (Å²) in [5, 5.41) is 6.64. The first-order valence-electron chi connectivity index (χ1n) is 7.64. The highest BCUT2D eigenvalue weighted by Crippen LogP contribution is 2.28. The van der Waals surface area contributed by atoms with Gasteiger partial charge in [0.05, 0.1) is 11.3 Å². The van der Waals surface area contributed by atoms with Crippen molar-refractivity contribution in [2.45, 2.75) is 17.7 Å². The van der Waals surface area contributed by atoms with Gasteiger partial charge in [-0.1, -0.05) is 46.7 Å². The van der Waals surface area contributed by atoms with Crippen molar-refractivity contribution in [3.05, 3.63) is 65.3 Å². The van der Waals surface area contributed by atoms with E-state index in [1.807, 2.05) is 43.3 Å². The van der Waals surface area contributed by atoms with Crippen LogP contribution in [-0.4, -0.2) is 20.1 Å². The standard InChI is InChI=1S/C18H13ClN4OS/c1-11-20-15-5-3-2-4-14(15)18(21-11)25-10-16-22-17(23-24-16)12-6-8-13(19)9-7-12/h2-9H,10H2,1H3. The zero-order valence-corrected chi connectivity index (χ0v) is 14.9. The topological polar surface area (TPSA) is 64.7 Å². The van der Waals surface area contributed by atoms with Crippen LogP contribution in [0.15, 0.2) is 58.1 Å². The van der Waals surface area contributed by atoms with E-state index in [4.69, 9.17) is 16.1 Å². The highest BCUT2D eigenvalue weighted by atomic mass is 35.5. The number of thioether (sulfide) groups is 1. The molecule has 4 rings (SSSR count). The number of para-hydroxylation sites is 1. The smallest absolute Gasteiger partial charge is 0.237 e. The number of benzene rings is 2. The maximum Gasteiger partial charge on any atom is 0.237 e. The summed E-state index contributed by atoms with van der Waals surface area (Å²) in [6, 6.07) is 15.3. The summed E-state index contributed by atoms with van der Waals surface area (Å²) < 4.78 is 5.35. The SMILES string of the molecule is Cc1nc(SCc2nc(-c3ccc(Cl)cc3)no2)c2ccccc2n1. The molecule has 25 heavy (non-hydrogen) atoms. The molecule has 0 unspecified atom stereocenters. The Balaban J connectivity index is 1.55. The van der Waals surface area contributed by atoms with Crippen molar-refractivity contribution in [3.63, 3.8) is 0 Å². The lowest BCUT2D eigenvalue weighted by Gasteiger charge is -2.04. The third-order valence-corrected chi connectivity index (χ3v) is 4.81. The first-order chi connectivity index (χ1) is 12.2. The summed E-state index contributed by atoms with van der Waals surface area (Å²) in [6.07, 6.45) is 0. The fourth-order valence-electron chi connectivity index (χ4n) is 2.43. The number of hydrogen-bond donors (Lipinski definition) is 0. The number of rotatable bonds is 4. The molecule has 0 aliphatic rings. The van der Waals surface area contributed by atoms with Crippen molar-refractivity contribution in [1.82, 2.24) is 20.1 Å².